The Kier molecular flexibility index (Phi) is 9.30. The topological polar surface area (TPSA) is 36.1 Å². The molecule has 1 amide bonds. The number of nitrogens with zero attached hydrogens (tertiary/aromatic N) is 1. The molecule has 2 aromatic carbocycles. The van der Waals surface area contributed by atoms with Crippen molar-refractivity contribution in [1.82, 2.24) is 9.88 Å². The average Bonchev–Trinajstić information content (AvgIpc) is 3.19. The normalized spacial score (nSPS) is 11.2. The molecular formula is C26H32Cl2N2O. The second-order valence-electron chi connectivity index (χ2n) is 8.19. The maximum absolute atomic E-state index is 13.1. The molecule has 1 N–H and O–H groups in total. The van der Waals surface area contributed by atoms with Crippen LogP contribution in [-0.4, -0.2) is 22.3 Å². The number of fused-ring (bicyclic) bond motifs is 1. The summed E-state index contributed by atoms with van der Waals surface area (Å²) in [7, 11) is 0. The molecule has 0 atom stereocenters. The Morgan fingerprint density at radius 1 is 0.968 bits per heavy atom. The first-order chi connectivity index (χ1) is 15.1. The Hall–Kier alpha value is -1.97. The van der Waals surface area contributed by atoms with Gasteiger partial charge >= 0.3 is 0 Å². The summed E-state index contributed by atoms with van der Waals surface area (Å²) >= 11 is 12.3. The summed E-state index contributed by atoms with van der Waals surface area (Å²) in [4.78, 5) is 18.4. The molecule has 0 aliphatic heterocycles. The molecule has 0 saturated heterocycles. The number of carbonyl (C=O) groups excluding carboxylic acids is 1. The van der Waals surface area contributed by atoms with Gasteiger partial charge in [0.05, 0.1) is 10.0 Å². The Morgan fingerprint density at radius 2 is 1.74 bits per heavy atom. The van der Waals surface area contributed by atoms with E-state index in [0.29, 0.717) is 29.6 Å². The van der Waals surface area contributed by atoms with Crippen LogP contribution in [0.15, 0.2) is 48.7 Å². The second-order valence-corrected chi connectivity index (χ2v) is 9.01. The van der Waals surface area contributed by atoms with Gasteiger partial charge in [-0.3, -0.25) is 4.79 Å². The third-order valence-corrected chi connectivity index (χ3v) is 6.52. The minimum absolute atomic E-state index is 0.210. The molecule has 3 aromatic rings. The van der Waals surface area contributed by atoms with Crippen LogP contribution in [-0.2, 0) is 17.8 Å². The van der Waals surface area contributed by atoms with Gasteiger partial charge in [0.1, 0.15) is 0 Å². The molecule has 0 spiro atoms. The number of amides is 1. The zero-order chi connectivity index (χ0) is 22.1. The van der Waals surface area contributed by atoms with E-state index in [9.17, 15) is 4.79 Å². The van der Waals surface area contributed by atoms with Crippen molar-refractivity contribution in [2.75, 3.05) is 6.54 Å². The monoisotopic (exact) mass is 458 g/mol. The molecule has 5 heteroatoms. The standard InChI is InChI=1S/C26H32Cl2N2O/c1-2-3-4-5-6-7-12-26(31)30(19-20-13-14-23(27)24(28)17-20)16-15-21-18-29-25-11-9-8-10-22(21)25/h8-11,13-14,17-18,29H,2-7,12,15-16,19H2,1H3. The number of hydrogen-bond acceptors (Lipinski definition) is 1. The molecule has 166 valence electrons. The van der Waals surface area contributed by atoms with E-state index in [1.165, 1.54) is 36.6 Å². The SMILES string of the molecule is CCCCCCCCC(=O)N(CCc1c[nH]c2ccccc12)Cc1ccc(Cl)c(Cl)c1. The van der Waals surface area contributed by atoms with Gasteiger partial charge in [-0.05, 0) is 42.2 Å². The highest BCUT2D eigenvalue weighted by molar-refractivity contribution is 6.42. The van der Waals surface area contributed by atoms with Crippen molar-refractivity contribution in [1.29, 1.82) is 0 Å². The van der Waals surface area contributed by atoms with Crippen molar-refractivity contribution in [3.05, 3.63) is 69.8 Å². The summed E-state index contributed by atoms with van der Waals surface area (Å²) in [5, 5.41) is 2.29. The van der Waals surface area contributed by atoms with Gasteiger partial charge in [-0.25, -0.2) is 0 Å². The smallest absolute Gasteiger partial charge is 0.222 e. The van der Waals surface area contributed by atoms with E-state index >= 15 is 0 Å². The molecule has 31 heavy (non-hydrogen) atoms. The van der Waals surface area contributed by atoms with Crippen LogP contribution < -0.4 is 0 Å². The minimum Gasteiger partial charge on any atom is -0.361 e. The number of benzene rings is 2. The summed E-state index contributed by atoms with van der Waals surface area (Å²) in [5.74, 6) is 0.210. The molecule has 0 saturated carbocycles. The Morgan fingerprint density at radius 3 is 2.55 bits per heavy atom. The zero-order valence-corrected chi connectivity index (χ0v) is 19.8. The van der Waals surface area contributed by atoms with Crippen LogP contribution in [0.3, 0.4) is 0 Å². The fourth-order valence-corrected chi connectivity index (χ4v) is 4.28. The van der Waals surface area contributed by atoms with Crippen LogP contribution in [0.25, 0.3) is 10.9 Å². The van der Waals surface area contributed by atoms with Gasteiger partial charge in [0.2, 0.25) is 5.91 Å². The van der Waals surface area contributed by atoms with Crippen LogP contribution in [0.5, 0.6) is 0 Å². The number of halogens is 2. The Labute approximate surface area is 195 Å². The van der Waals surface area contributed by atoms with Gasteiger partial charge in [0.15, 0.2) is 0 Å². The van der Waals surface area contributed by atoms with Crippen molar-refractivity contribution in [2.24, 2.45) is 0 Å². The van der Waals surface area contributed by atoms with Gasteiger partial charge in [-0.1, -0.05) is 86.5 Å². The van der Waals surface area contributed by atoms with E-state index in [2.05, 4.69) is 36.3 Å². The molecule has 1 aromatic heterocycles. The van der Waals surface area contributed by atoms with Crippen LogP contribution in [0.4, 0.5) is 0 Å². The number of aromatic amines is 1. The van der Waals surface area contributed by atoms with E-state index in [4.69, 9.17) is 23.2 Å². The predicted molar refractivity (Wildman–Crippen MR) is 132 cm³/mol. The summed E-state index contributed by atoms with van der Waals surface area (Å²) in [6, 6.07) is 13.9. The molecule has 0 unspecified atom stereocenters. The first kappa shape index (κ1) is 23.7. The molecule has 3 rings (SSSR count). The number of nitrogens with one attached hydrogen (secondary N) is 1. The predicted octanol–water partition coefficient (Wildman–Crippen LogP) is 7.80. The lowest BCUT2D eigenvalue weighted by Gasteiger charge is -2.23. The third-order valence-electron chi connectivity index (χ3n) is 5.78. The highest BCUT2D eigenvalue weighted by Gasteiger charge is 2.15. The van der Waals surface area contributed by atoms with Gasteiger partial charge in [0.25, 0.3) is 0 Å². The van der Waals surface area contributed by atoms with Crippen molar-refractivity contribution < 1.29 is 4.79 Å². The number of aromatic nitrogens is 1. The molecule has 0 fully saturated rings. The lowest BCUT2D eigenvalue weighted by Crippen LogP contribution is -2.32. The number of rotatable bonds is 12. The second kappa shape index (κ2) is 12.2. The summed E-state index contributed by atoms with van der Waals surface area (Å²) in [5.41, 5.74) is 3.37. The lowest BCUT2D eigenvalue weighted by atomic mass is 10.1. The number of para-hydroxylation sites is 1. The molecule has 0 aliphatic rings. The van der Waals surface area contributed by atoms with E-state index in [0.717, 1.165) is 30.3 Å². The molecule has 0 aliphatic carbocycles. The van der Waals surface area contributed by atoms with Crippen LogP contribution >= 0.6 is 23.2 Å². The maximum Gasteiger partial charge on any atom is 0.222 e. The first-order valence-electron chi connectivity index (χ1n) is 11.3. The molecule has 0 bridgehead atoms. The van der Waals surface area contributed by atoms with Gasteiger partial charge in [0, 0.05) is 36.6 Å². The minimum atomic E-state index is 0.210. The molecule has 1 heterocycles. The van der Waals surface area contributed by atoms with Gasteiger partial charge < -0.3 is 9.88 Å². The fourth-order valence-electron chi connectivity index (χ4n) is 3.96. The largest absolute Gasteiger partial charge is 0.361 e. The Balaban J connectivity index is 1.64. The van der Waals surface area contributed by atoms with Crippen LogP contribution in [0, 0.1) is 0 Å². The van der Waals surface area contributed by atoms with E-state index in [1.54, 1.807) is 6.07 Å². The van der Waals surface area contributed by atoms with Crippen LogP contribution in [0.1, 0.15) is 63.0 Å². The van der Waals surface area contributed by atoms with Crippen molar-refractivity contribution in [2.45, 2.75) is 64.8 Å². The number of unbranched alkanes of at least 4 members (excludes halogenated alkanes) is 5. The van der Waals surface area contributed by atoms with Crippen molar-refractivity contribution in [3.8, 4) is 0 Å². The molecule has 3 nitrogen and oxygen atoms in total. The summed E-state index contributed by atoms with van der Waals surface area (Å²) in [6.07, 6.45) is 10.5. The van der Waals surface area contributed by atoms with E-state index in [1.807, 2.05) is 23.1 Å². The zero-order valence-electron chi connectivity index (χ0n) is 18.3. The highest BCUT2D eigenvalue weighted by atomic mass is 35.5. The fraction of sp³-hybridized carbons (Fsp3) is 0.423. The van der Waals surface area contributed by atoms with Crippen molar-refractivity contribution >= 4 is 40.0 Å². The maximum atomic E-state index is 13.1. The first-order valence-corrected chi connectivity index (χ1v) is 12.1. The number of hydrogen-bond donors (Lipinski definition) is 1. The summed E-state index contributed by atoms with van der Waals surface area (Å²) in [6.45, 7) is 3.45. The van der Waals surface area contributed by atoms with E-state index in [-0.39, 0.29) is 5.91 Å². The Bertz CT molecular complexity index is 982. The number of carbonyl (C=O) groups is 1. The lowest BCUT2D eigenvalue weighted by molar-refractivity contribution is -0.131. The molecular weight excluding hydrogens is 427 g/mol. The number of H-pyrrole nitrogens is 1. The average molecular weight is 459 g/mol. The quantitative estimate of drug-likeness (QED) is 0.276. The summed E-state index contributed by atoms with van der Waals surface area (Å²) < 4.78 is 0. The third kappa shape index (κ3) is 7.02. The van der Waals surface area contributed by atoms with E-state index < -0.39 is 0 Å². The van der Waals surface area contributed by atoms with Gasteiger partial charge in [-0.15, -0.1) is 0 Å². The van der Waals surface area contributed by atoms with Crippen LogP contribution in [0.2, 0.25) is 10.0 Å². The van der Waals surface area contributed by atoms with Gasteiger partial charge in [-0.2, -0.15) is 0 Å². The highest BCUT2D eigenvalue weighted by Crippen LogP contribution is 2.24. The van der Waals surface area contributed by atoms with Crippen molar-refractivity contribution in [3.63, 3.8) is 0 Å². The molecule has 0 radical (unpaired) electrons.